The smallest absolute Gasteiger partial charge is 0.257 e. The van der Waals surface area contributed by atoms with Gasteiger partial charge in [-0.05, 0) is 6.92 Å². The van der Waals surface area contributed by atoms with Crippen LogP contribution < -0.4 is 5.14 Å². The van der Waals surface area contributed by atoms with E-state index >= 15 is 0 Å². The van der Waals surface area contributed by atoms with Gasteiger partial charge in [0.15, 0.2) is 5.03 Å². The zero-order valence-corrected chi connectivity index (χ0v) is 11.8. The van der Waals surface area contributed by atoms with Crippen LogP contribution in [0.15, 0.2) is 23.6 Å². The van der Waals surface area contributed by atoms with Gasteiger partial charge < -0.3 is 4.57 Å². The monoisotopic (exact) mass is 283 g/mol. The molecule has 0 aliphatic carbocycles. The summed E-state index contributed by atoms with van der Waals surface area (Å²) in [5.41, 5.74) is 0.995. The molecule has 0 atom stereocenters. The Kier molecular flexibility index (Phi) is 3.72. The summed E-state index contributed by atoms with van der Waals surface area (Å²) in [6, 6.07) is 0. The summed E-state index contributed by atoms with van der Waals surface area (Å²) in [5.74, 6) is 0.688. The number of rotatable bonds is 5. The molecular formula is C11H17N5O2S. The predicted molar refractivity (Wildman–Crippen MR) is 70.0 cm³/mol. The number of sulfonamides is 1. The summed E-state index contributed by atoms with van der Waals surface area (Å²) in [6.45, 7) is 5.25. The van der Waals surface area contributed by atoms with E-state index in [1.54, 1.807) is 10.8 Å². The molecule has 2 aromatic rings. The van der Waals surface area contributed by atoms with Crippen molar-refractivity contribution in [3.8, 4) is 0 Å². The normalized spacial score (nSPS) is 11.9. The van der Waals surface area contributed by atoms with Crippen LogP contribution in [0.4, 0.5) is 0 Å². The molecule has 8 heteroatoms. The van der Waals surface area contributed by atoms with Gasteiger partial charge >= 0.3 is 0 Å². The fraction of sp³-hybridized carbons (Fsp3) is 0.455. The van der Waals surface area contributed by atoms with E-state index < -0.39 is 10.0 Å². The van der Waals surface area contributed by atoms with Crippen LogP contribution >= 0.6 is 0 Å². The van der Waals surface area contributed by atoms with E-state index in [1.807, 2.05) is 24.7 Å². The largest absolute Gasteiger partial charge is 0.329 e. The molecule has 7 nitrogen and oxygen atoms in total. The van der Waals surface area contributed by atoms with Gasteiger partial charge in [-0.3, -0.25) is 4.68 Å². The highest BCUT2D eigenvalue weighted by atomic mass is 32.2. The molecule has 0 aromatic carbocycles. The summed E-state index contributed by atoms with van der Waals surface area (Å²) in [6.07, 6.45) is 5.80. The fourth-order valence-electron chi connectivity index (χ4n) is 1.84. The number of hydrogen-bond acceptors (Lipinski definition) is 4. The van der Waals surface area contributed by atoms with Crippen molar-refractivity contribution < 1.29 is 8.42 Å². The third-order valence-electron chi connectivity index (χ3n) is 2.81. The highest BCUT2D eigenvalue weighted by Gasteiger charge is 2.15. The predicted octanol–water partition coefficient (Wildman–Crippen LogP) is 0.358. The number of imidazole rings is 1. The van der Waals surface area contributed by atoms with Gasteiger partial charge in [0.2, 0.25) is 0 Å². The quantitative estimate of drug-likeness (QED) is 0.856. The van der Waals surface area contributed by atoms with Crippen LogP contribution in [-0.4, -0.2) is 27.7 Å². The lowest BCUT2D eigenvalue weighted by molar-refractivity contribution is 0.594. The van der Waals surface area contributed by atoms with Crippen LogP contribution in [0, 0.1) is 0 Å². The number of nitrogens with two attached hydrogens (primary N) is 1. The van der Waals surface area contributed by atoms with Gasteiger partial charge in [0.25, 0.3) is 10.0 Å². The first-order chi connectivity index (χ1) is 8.94. The van der Waals surface area contributed by atoms with Gasteiger partial charge in [-0.25, -0.2) is 18.5 Å². The van der Waals surface area contributed by atoms with Crippen molar-refractivity contribution in [1.29, 1.82) is 0 Å². The van der Waals surface area contributed by atoms with Gasteiger partial charge in [0.1, 0.15) is 5.82 Å². The van der Waals surface area contributed by atoms with Crippen molar-refractivity contribution in [2.45, 2.75) is 38.4 Å². The van der Waals surface area contributed by atoms with Crippen molar-refractivity contribution in [3.05, 3.63) is 30.0 Å². The van der Waals surface area contributed by atoms with E-state index in [0.29, 0.717) is 18.8 Å². The summed E-state index contributed by atoms with van der Waals surface area (Å²) >= 11 is 0. The third-order valence-corrected chi connectivity index (χ3v) is 3.59. The van der Waals surface area contributed by atoms with Gasteiger partial charge in [0.05, 0.1) is 12.7 Å². The standard InChI is InChI=1S/C11H17N5O2S/c1-3-10-14-11(19(12,17)18)8-15(10)6-9-5-13-16(4-2)7-9/h5,7-8H,3-4,6H2,1-2H3,(H2,12,17,18). The second kappa shape index (κ2) is 5.14. The van der Waals surface area contributed by atoms with Crippen LogP contribution in [0.3, 0.4) is 0 Å². The Balaban J connectivity index is 2.31. The molecule has 104 valence electrons. The van der Waals surface area contributed by atoms with E-state index in [-0.39, 0.29) is 5.03 Å². The molecule has 0 radical (unpaired) electrons. The average molecular weight is 283 g/mol. The maximum atomic E-state index is 11.3. The number of hydrogen-bond donors (Lipinski definition) is 1. The minimum Gasteiger partial charge on any atom is -0.329 e. The summed E-state index contributed by atoms with van der Waals surface area (Å²) in [7, 11) is -3.76. The summed E-state index contributed by atoms with van der Waals surface area (Å²) in [4.78, 5) is 4.05. The summed E-state index contributed by atoms with van der Waals surface area (Å²) in [5, 5.41) is 9.18. The molecule has 0 bridgehead atoms. The SMILES string of the molecule is CCc1nc(S(N)(=O)=O)cn1Cc1cnn(CC)c1. The minimum atomic E-state index is -3.76. The molecule has 2 N–H and O–H groups in total. The van der Waals surface area contributed by atoms with Crippen molar-refractivity contribution in [3.63, 3.8) is 0 Å². The highest BCUT2D eigenvalue weighted by Crippen LogP contribution is 2.11. The third kappa shape index (κ3) is 3.02. The minimum absolute atomic E-state index is 0.0905. The van der Waals surface area contributed by atoms with Gasteiger partial charge in [-0.2, -0.15) is 5.10 Å². The maximum absolute atomic E-state index is 11.3. The Morgan fingerprint density at radius 1 is 1.32 bits per heavy atom. The molecule has 0 unspecified atom stereocenters. The van der Waals surface area contributed by atoms with E-state index in [2.05, 4.69) is 10.1 Å². The Labute approximate surface area is 112 Å². The van der Waals surface area contributed by atoms with Crippen molar-refractivity contribution >= 4 is 10.0 Å². The van der Waals surface area contributed by atoms with Crippen molar-refractivity contribution in [2.24, 2.45) is 5.14 Å². The van der Waals surface area contributed by atoms with E-state index in [1.165, 1.54) is 6.20 Å². The topological polar surface area (TPSA) is 95.8 Å². The average Bonchev–Trinajstić information content (AvgIpc) is 2.95. The lowest BCUT2D eigenvalue weighted by Gasteiger charge is -2.03. The lowest BCUT2D eigenvalue weighted by Crippen LogP contribution is -2.12. The van der Waals surface area contributed by atoms with Crippen molar-refractivity contribution in [2.75, 3.05) is 0 Å². The van der Waals surface area contributed by atoms with Crippen LogP contribution in [0.2, 0.25) is 0 Å². The van der Waals surface area contributed by atoms with Crippen molar-refractivity contribution in [1.82, 2.24) is 19.3 Å². The first-order valence-corrected chi connectivity index (χ1v) is 7.58. The van der Waals surface area contributed by atoms with Gasteiger partial charge in [0, 0.05) is 30.9 Å². The highest BCUT2D eigenvalue weighted by molar-refractivity contribution is 7.89. The Morgan fingerprint density at radius 2 is 2.05 bits per heavy atom. The van der Waals surface area contributed by atoms with Gasteiger partial charge in [-0.1, -0.05) is 6.92 Å². The van der Waals surface area contributed by atoms with Crippen LogP contribution in [0.1, 0.15) is 25.2 Å². The fourth-order valence-corrected chi connectivity index (χ4v) is 2.35. The molecule has 19 heavy (non-hydrogen) atoms. The number of aryl methyl sites for hydroxylation is 2. The van der Waals surface area contributed by atoms with E-state index in [9.17, 15) is 8.42 Å². The first-order valence-electron chi connectivity index (χ1n) is 6.04. The molecule has 2 heterocycles. The molecule has 0 saturated carbocycles. The molecular weight excluding hydrogens is 266 g/mol. The molecule has 0 amide bonds. The zero-order valence-electron chi connectivity index (χ0n) is 10.9. The Bertz CT molecular complexity index is 671. The van der Waals surface area contributed by atoms with Gasteiger partial charge in [-0.15, -0.1) is 0 Å². The Hall–Kier alpha value is -1.67. The molecule has 0 aliphatic heterocycles. The maximum Gasteiger partial charge on any atom is 0.257 e. The van der Waals surface area contributed by atoms with E-state index in [0.717, 1.165) is 12.1 Å². The van der Waals surface area contributed by atoms with Crippen LogP contribution in [0.5, 0.6) is 0 Å². The zero-order chi connectivity index (χ0) is 14.0. The van der Waals surface area contributed by atoms with Crippen LogP contribution in [0.25, 0.3) is 0 Å². The number of primary sulfonamides is 1. The second-order valence-corrected chi connectivity index (χ2v) is 5.73. The first kappa shape index (κ1) is 13.8. The molecule has 0 aliphatic rings. The van der Waals surface area contributed by atoms with E-state index in [4.69, 9.17) is 5.14 Å². The molecule has 2 rings (SSSR count). The second-order valence-electron chi connectivity index (χ2n) is 4.23. The molecule has 0 fully saturated rings. The lowest BCUT2D eigenvalue weighted by atomic mass is 10.3. The number of aromatic nitrogens is 4. The summed E-state index contributed by atoms with van der Waals surface area (Å²) < 4.78 is 26.2. The molecule has 0 saturated heterocycles. The molecule has 0 spiro atoms. The van der Waals surface area contributed by atoms with Crippen LogP contribution in [-0.2, 0) is 29.5 Å². The number of nitrogens with zero attached hydrogens (tertiary/aromatic N) is 4. The Morgan fingerprint density at radius 3 is 2.58 bits per heavy atom. The molecule has 2 aromatic heterocycles.